The monoisotopic (exact) mass is 321 g/mol. The molecule has 0 atom stereocenters. The Kier molecular flexibility index (Phi) is 8.28. The van der Waals surface area contributed by atoms with Crippen molar-refractivity contribution in [3.63, 3.8) is 0 Å². The summed E-state index contributed by atoms with van der Waals surface area (Å²) in [4.78, 5) is 13.8. The quantitative estimate of drug-likeness (QED) is 0.583. The lowest BCUT2D eigenvalue weighted by molar-refractivity contribution is -0.860. The van der Waals surface area contributed by atoms with E-state index in [-0.39, 0.29) is 5.91 Å². The lowest BCUT2D eigenvalue weighted by Gasteiger charge is -2.19. The van der Waals surface area contributed by atoms with Gasteiger partial charge in [-0.3, -0.25) is 4.79 Å². The normalized spacial score (nSPS) is 11.5. The van der Waals surface area contributed by atoms with Gasteiger partial charge in [-0.2, -0.15) is 0 Å². The molecule has 0 unspecified atom stereocenters. The van der Waals surface area contributed by atoms with Crippen molar-refractivity contribution in [3.8, 4) is 0 Å². The molecule has 0 fully saturated rings. The number of anilines is 1. The van der Waals surface area contributed by atoms with Gasteiger partial charge in [-0.1, -0.05) is 45.9 Å². The van der Waals surface area contributed by atoms with Crippen LogP contribution in [-0.2, 0) is 4.79 Å². The highest BCUT2D eigenvalue weighted by atomic mass is 16.1. The van der Waals surface area contributed by atoms with Gasteiger partial charge in [0, 0.05) is 12.1 Å². The third-order valence-corrected chi connectivity index (χ3v) is 4.05. The third kappa shape index (κ3) is 6.71. The van der Waals surface area contributed by atoms with Crippen molar-refractivity contribution in [2.75, 3.05) is 39.0 Å². The average Bonchev–Trinajstić information content (AvgIpc) is 2.46. The maximum absolute atomic E-state index is 12.3. The number of benzene rings is 1. The standard InChI is InChI=1S/C19H33N3O/c1-14(2)16-9-7-10-17(15(3)4)19(16)21-18(23)13-20-11-8-12-22(5)6/h7,9-10,14-15,20H,8,11-13H2,1-6H3,(H,21,23)/p+2. The molecule has 130 valence electrons. The van der Waals surface area contributed by atoms with Gasteiger partial charge in [-0.05, 0) is 23.0 Å². The number of para-hydroxylation sites is 1. The minimum absolute atomic E-state index is 0.0946. The Labute approximate surface area is 141 Å². The van der Waals surface area contributed by atoms with Crippen molar-refractivity contribution in [2.24, 2.45) is 0 Å². The molecular formula is C19H35N3O+2. The first-order valence-electron chi connectivity index (χ1n) is 8.86. The van der Waals surface area contributed by atoms with Crippen LogP contribution in [0.5, 0.6) is 0 Å². The molecule has 0 saturated heterocycles. The van der Waals surface area contributed by atoms with Crippen LogP contribution in [0.15, 0.2) is 18.2 Å². The third-order valence-electron chi connectivity index (χ3n) is 4.05. The Morgan fingerprint density at radius 3 is 2.17 bits per heavy atom. The van der Waals surface area contributed by atoms with Gasteiger partial charge in [-0.15, -0.1) is 0 Å². The van der Waals surface area contributed by atoms with Crippen LogP contribution in [-0.4, -0.2) is 39.6 Å². The largest absolute Gasteiger partial charge is 0.340 e. The fraction of sp³-hybridized carbons (Fsp3) is 0.632. The highest BCUT2D eigenvalue weighted by Gasteiger charge is 2.16. The summed E-state index contributed by atoms with van der Waals surface area (Å²) in [5, 5.41) is 5.27. The van der Waals surface area contributed by atoms with E-state index in [0.29, 0.717) is 18.4 Å². The van der Waals surface area contributed by atoms with Gasteiger partial charge in [0.2, 0.25) is 0 Å². The number of quaternary nitrogens is 2. The Morgan fingerprint density at radius 1 is 1.13 bits per heavy atom. The minimum Gasteiger partial charge on any atom is -0.340 e. The Hall–Kier alpha value is -1.39. The lowest BCUT2D eigenvalue weighted by atomic mass is 9.92. The van der Waals surface area contributed by atoms with E-state index in [1.54, 1.807) is 0 Å². The molecule has 1 aromatic rings. The summed E-state index contributed by atoms with van der Waals surface area (Å²) in [6.07, 6.45) is 1.13. The topological polar surface area (TPSA) is 50.1 Å². The molecule has 23 heavy (non-hydrogen) atoms. The molecule has 1 amide bonds. The second kappa shape index (κ2) is 9.68. The number of hydrogen-bond acceptors (Lipinski definition) is 1. The summed E-state index contributed by atoms with van der Waals surface area (Å²) in [6.45, 7) is 11.3. The molecule has 0 aliphatic carbocycles. The molecule has 1 rings (SSSR count). The van der Waals surface area contributed by atoms with Crippen molar-refractivity contribution >= 4 is 11.6 Å². The Bertz CT molecular complexity index is 469. The zero-order valence-electron chi connectivity index (χ0n) is 15.7. The Morgan fingerprint density at radius 2 is 1.70 bits per heavy atom. The summed E-state index contributed by atoms with van der Waals surface area (Å²) in [5.41, 5.74) is 3.47. The molecule has 4 heteroatoms. The average molecular weight is 322 g/mol. The summed E-state index contributed by atoms with van der Waals surface area (Å²) in [6, 6.07) is 6.33. The fourth-order valence-electron chi connectivity index (χ4n) is 2.72. The van der Waals surface area contributed by atoms with Gasteiger partial charge < -0.3 is 15.5 Å². The number of rotatable bonds is 9. The highest BCUT2D eigenvalue weighted by Crippen LogP contribution is 2.32. The molecule has 4 N–H and O–H groups in total. The van der Waals surface area contributed by atoms with Gasteiger partial charge in [-0.25, -0.2) is 0 Å². The van der Waals surface area contributed by atoms with Crippen molar-refractivity contribution in [1.29, 1.82) is 0 Å². The van der Waals surface area contributed by atoms with Gasteiger partial charge >= 0.3 is 0 Å². The van der Waals surface area contributed by atoms with E-state index in [0.717, 1.165) is 25.2 Å². The summed E-state index contributed by atoms with van der Waals surface area (Å²) in [7, 11) is 4.31. The molecule has 0 aliphatic heterocycles. The SMILES string of the molecule is CC(C)c1cccc(C(C)C)c1NC(=O)C[NH2+]CCC[NH+](C)C. The number of hydrogen-bond donors (Lipinski definition) is 3. The second-order valence-electron chi connectivity index (χ2n) is 7.26. The van der Waals surface area contributed by atoms with Crippen LogP contribution in [0.2, 0.25) is 0 Å². The Balaban J connectivity index is 2.66. The van der Waals surface area contributed by atoms with Crippen molar-refractivity contribution in [3.05, 3.63) is 29.3 Å². The van der Waals surface area contributed by atoms with Crippen LogP contribution in [0, 0.1) is 0 Å². The number of carbonyl (C=O) groups is 1. The zero-order valence-corrected chi connectivity index (χ0v) is 15.7. The van der Waals surface area contributed by atoms with E-state index in [2.05, 4.69) is 70.6 Å². The highest BCUT2D eigenvalue weighted by molar-refractivity contribution is 5.93. The number of amides is 1. The first kappa shape index (κ1) is 19.7. The molecule has 0 radical (unpaired) electrons. The van der Waals surface area contributed by atoms with E-state index < -0.39 is 0 Å². The van der Waals surface area contributed by atoms with E-state index in [4.69, 9.17) is 0 Å². The first-order chi connectivity index (χ1) is 10.8. The van der Waals surface area contributed by atoms with E-state index >= 15 is 0 Å². The van der Waals surface area contributed by atoms with E-state index in [9.17, 15) is 4.79 Å². The number of nitrogens with two attached hydrogens (primary N) is 1. The molecule has 1 aromatic carbocycles. The predicted molar refractivity (Wildman–Crippen MR) is 97.2 cm³/mol. The van der Waals surface area contributed by atoms with Crippen molar-refractivity contribution in [1.82, 2.24) is 0 Å². The maximum Gasteiger partial charge on any atom is 0.279 e. The molecule has 0 spiro atoms. The zero-order chi connectivity index (χ0) is 17.4. The molecule has 4 nitrogen and oxygen atoms in total. The van der Waals surface area contributed by atoms with Crippen molar-refractivity contribution in [2.45, 2.75) is 46.0 Å². The molecule has 0 bridgehead atoms. The second-order valence-corrected chi connectivity index (χ2v) is 7.26. The molecule has 0 aromatic heterocycles. The number of carbonyl (C=O) groups excluding carboxylic acids is 1. The van der Waals surface area contributed by atoms with Gasteiger partial charge in [0.15, 0.2) is 6.54 Å². The minimum atomic E-state index is 0.0946. The predicted octanol–water partition coefficient (Wildman–Crippen LogP) is 0.970. The van der Waals surface area contributed by atoms with Crippen LogP contribution >= 0.6 is 0 Å². The summed E-state index contributed by atoms with van der Waals surface area (Å²) in [5.74, 6) is 0.893. The van der Waals surface area contributed by atoms with Crippen LogP contribution in [0.1, 0.15) is 57.1 Å². The summed E-state index contributed by atoms with van der Waals surface area (Å²) >= 11 is 0. The van der Waals surface area contributed by atoms with Crippen LogP contribution in [0.4, 0.5) is 5.69 Å². The molecule has 0 aliphatic rings. The van der Waals surface area contributed by atoms with E-state index in [1.807, 2.05) is 0 Å². The van der Waals surface area contributed by atoms with E-state index in [1.165, 1.54) is 16.0 Å². The smallest absolute Gasteiger partial charge is 0.279 e. The van der Waals surface area contributed by atoms with Gasteiger partial charge in [0.1, 0.15) is 0 Å². The summed E-state index contributed by atoms with van der Waals surface area (Å²) < 4.78 is 0. The fourth-order valence-corrected chi connectivity index (χ4v) is 2.72. The van der Waals surface area contributed by atoms with Crippen LogP contribution < -0.4 is 15.5 Å². The van der Waals surface area contributed by atoms with Crippen LogP contribution in [0.25, 0.3) is 0 Å². The first-order valence-corrected chi connectivity index (χ1v) is 8.86. The van der Waals surface area contributed by atoms with Crippen molar-refractivity contribution < 1.29 is 15.0 Å². The number of nitrogens with one attached hydrogen (secondary N) is 2. The maximum atomic E-state index is 12.3. The van der Waals surface area contributed by atoms with Gasteiger partial charge in [0.25, 0.3) is 5.91 Å². The van der Waals surface area contributed by atoms with Crippen LogP contribution in [0.3, 0.4) is 0 Å². The molecular weight excluding hydrogens is 286 g/mol. The lowest BCUT2D eigenvalue weighted by Crippen LogP contribution is -3.06. The molecule has 0 saturated carbocycles. The van der Waals surface area contributed by atoms with Gasteiger partial charge in [0.05, 0.1) is 27.2 Å². The molecule has 0 heterocycles.